The van der Waals surface area contributed by atoms with Crippen LogP contribution in [0.1, 0.15) is 29.0 Å². The van der Waals surface area contributed by atoms with E-state index in [0.717, 1.165) is 4.31 Å². The molecule has 3 aromatic rings. The third kappa shape index (κ3) is 6.64. The average molecular weight is 629 g/mol. The van der Waals surface area contributed by atoms with Crippen molar-refractivity contribution in [2.24, 2.45) is 0 Å². The minimum atomic E-state index is -4.35. The molecule has 1 atom stereocenters. The molecule has 2 aromatic carbocycles. The van der Waals surface area contributed by atoms with Crippen molar-refractivity contribution in [1.82, 2.24) is 19.6 Å². The van der Waals surface area contributed by atoms with Gasteiger partial charge in [-0.1, -0.05) is 6.07 Å². The van der Waals surface area contributed by atoms with Crippen LogP contribution in [0.4, 0.5) is 0 Å². The maximum absolute atomic E-state index is 14.0. The van der Waals surface area contributed by atoms with E-state index in [9.17, 15) is 28.0 Å². The second-order valence-electron chi connectivity index (χ2n) is 10.1. The summed E-state index contributed by atoms with van der Waals surface area (Å²) in [6.07, 6.45) is 0.993. The van der Waals surface area contributed by atoms with E-state index in [2.05, 4.69) is 0 Å². The molecule has 15 heteroatoms. The summed E-state index contributed by atoms with van der Waals surface area (Å²) in [6.45, 7) is 0.836. The largest absolute Gasteiger partial charge is 0.497 e. The zero-order chi connectivity index (χ0) is 31.3. The molecule has 1 fully saturated rings. The molecule has 2 aliphatic rings. The molecule has 1 saturated heterocycles. The predicted molar refractivity (Wildman–Crippen MR) is 152 cm³/mol. The molecule has 1 aromatic heterocycles. The molecule has 234 valence electrons. The number of sulfonamides is 1. The molecule has 44 heavy (non-hydrogen) atoms. The summed E-state index contributed by atoms with van der Waals surface area (Å²) in [4.78, 5) is 41.8. The highest BCUT2D eigenvalue weighted by Crippen LogP contribution is 2.34. The first-order valence-corrected chi connectivity index (χ1v) is 15.2. The first-order valence-electron chi connectivity index (χ1n) is 13.8. The van der Waals surface area contributed by atoms with Crippen molar-refractivity contribution in [3.8, 4) is 17.2 Å². The van der Waals surface area contributed by atoms with Crippen LogP contribution < -0.4 is 19.7 Å². The van der Waals surface area contributed by atoms with Crippen LogP contribution in [0.15, 0.2) is 70.2 Å². The molecule has 0 unspecified atom stereocenters. The van der Waals surface area contributed by atoms with E-state index in [0.29, 0.717) is 22.8 Å². The van der Waals surface area contributed by atoms with E-state index in [-0.39, 0.29) is 74.8 Å². The number of hydrogen-bond acceptors (Lipinski definition) is 10. The van der Waals surface area contributed by atoms with Crippen LogP contribution in [0.5, 0.6) is 17.2 Å². The molecule has 2 N–H and O–H groups in total. The molecular weight excluding hydrogens is 596 g/mol. The number of hydrogen-bond donors (Lipinski definition) is 2. The lowest BCUT2D eigenvalue weighted by atomic mass is 10.1. The Morgan fingerprint density at radius 1 is 1.00 bits per heavy atom. The number of piperazine rings is 1. The summed E-state index contributed by atoms with van der Waals surface area (Å²) in [6, 6.07) is 12.3. The van der Waals surface area contributed by atoms with Gasteiger partial charge in [-0.2, -0.15) is 4.31 Å². The fraction of sp³-hybridized carbons (Fsp3) is 0.345. The van der Waals surface area contributed by atoms with E-state index in [1.54, 1.807) is 45.6 Å². The quantitative estimate of drug-likeness (QED) is 0.236. The van der Waals surface area contributed by atoms with Crippen molar-refractivity contribution in [3.63, 3.8) is 0 Å². The van der Waals surface area contributed by atoms with E-state index >= 15 is 0 Å². The second-order valence-corrected chi connectivity index (χ2v) is 12.0. The minimum absolute atomic E-state index is 0.0234. The predicted octanol–water partition coefficient (Wildman–Crippen LogP) is 1.85. The number of carbonyl (C=O) groups is 3. The number of methoxy groups -OCH3 is 1. The van der Waals surface area contributed by atoms with Gasteiger partial charge in [0.2, 0.25) is 22.7 Å². The molecule has 2 aliphatic heterocycles. The molecule has 0 aliphatic carbocycles. The maximum Gasteiger partial charge on any atom is 0.289 e. The Hall–Kier alpha value is -4.60. The van der Waals surface area contributed by atoms with Crippen molar-refractivity contribution < 1.29 is 46.6 Å². The number of nitrogens with zero attached hydrogens (tertiary/aromatic N) is 3. The van der Waals surface area contributed by atoms with Gasteiger partial charge in [-0.15, -0.1) is 0 Å². The fourth-order valence-electron chi connectivity index (χ4n) is 5.08. The molecule has 3 heterocycles. The van der Waals surface area contributed by atoms with Gasteiger partial charge in [0.05, 0.1) is 18.3 Å². The zero-order valence-corrected chi connectivity index (χ0v) is 24.7. The first kappa shape index (κ1) is 30.8. The summed E-state index contributed by atoms with van der Waals surface area (Å²) >= 11 is 0. The number of benzene rings is 2. The molecule has 14 nitrogen and oxygen atoms in total. The van der Waals surface area contributed by atoms with Crippen molar-refractivity contribution in [2.75, 3.05) is 40.1 Å². The Labute approximate surface area is 253 Å². The standard InChI is InChI=1S/C29H32N4O10S/c1-40-21-5-7-22(8-6-21)44(38,39)33(18-20-4-10-24-26(17-20)43-19-42-24)23(28(35)30-37)9-11-27(34)31-12-14-32(15-13-31)29(36)25-3-2-16-41-25/h2-8,10,16-17,23,37H,9,11-15,18-19H2,1H3,(H,30,35)/t23-/m1/s1. The van der Waals surface area contributed by atoms with Gasteiger partial charge in [0, 0.05) is 39.1 Å². The fourth-order valence-corrected chi connectivity index (χ4v) is 6.68. The van der Waals surface area contributed by atoms with E-state index < -0.39 is 22.0 Å². The molecule has 3 amide bonds. The molecule has 0 radical (unpaired) electrons. The SMILES string of the molecule is COc1ccc(S(=O)(=O)N(Cc2ccc3c(c2)OCO3)[C@H](CCC(=O)N2CCN(C(=O)c3ccco3)CC2)C(=O)NO)cc1. The molecule has 0 saturated carbocycles. The highest BCUT2D eigenvalue weighted by Gasteiger charge is 2.37. The number of nitrogens with one attached hydrogen (secondary N) is 1. The van der Waals surface area contributed by atoms with Crippen LogP contribution in [0, 0.1) is 0 Å². The molecule has 0 spiro atoms. The van der Waals surface area contributed by atoms with Crippen LogP contribution >= 0.6 is 0 Å². The summed E-state index contributed by atoms with van der Waals surface area (Å²) in [5, 5.41) is 9.61. The molecule has 0 bridgehead atoms. The van der Waals surface area contributed by atoms with Gasteiger partial charge >= 0.3 is 0 Å². The number of rotatable bonds is 11. The Bertz CT molecular complexity index is 1590. The van der Waals surface area contributed by atoms with Crippen molar-refractivity contribution in [2.45, 2.75) is 30.3 Å². The van der Waals surface area contributed by atoms with E-state index in [4.69, 9.17) is 18.6 Å². The zero-order valence-electron chi connectivity index (χ0n) is 23.9. The van der Waals surface area contributed by atoms with Crippen LogP contribution in [-0.2, 0) is 26.2 Å². The Morgan fingerprint density at radius 2 is 1.70 bits per heavy atom. The molecule has 5 rings (SSSR count). The van der Waals surface area contributed by atoms with Gasteiger partial charge in [0.1, 0.15) is 11.8 Å². The van der Waals surface area contributed by atoms with E-state index in [1.807, 2.05) is 0 Å². The Kier molecular flexibility index (Phi) is 9.37. The van der Waals surface area contributed by atoms with Gasteiger partial charge in [0.25, 0.3) is 11.8 Å². The van der Waals surface area contributed by atoms with Crippen molar-refractivity contribution in [3.05, 3.63) is 72.2 Å². The van der Waals surface area contributed by atoms with Gasteiger partial charge in [0.15, 0.2) is 17.3 Å². The summed E-state index contributed by atoms with van der Waals surface area (Å²) in [7, 11) is -2.90. The minimum Gasteiger partial charge on any atom is -0.497 e. The van der Waals surface area contributed by atoms with Crippen LogP contribution in [0.3, 0.4) is 0 Å². The van der Waals surface area contributed by atoms with Crippen molar-refractivity contribution >= 4 is 27.7 Å². The number of ether oxygens (including phenoxy) is 3. The lowest BCUT2D eigenvalue weighted by Gasteiger charge is -2.35. The van der Waals surface area contributed by atoms with Crippen molar-refractivity contribution in [1.29, 1.82) is 0 Å². The van der Waals surface area contributed by atoms with Gasteiger partial charge < -0.3 is 28.4 Å². The summed E-state index contributed by atoms with van der Waals surface area (Å²) in [5.41, 5.74) is 2.05. The molecular formula is C29H32N4O10S. The van der Waals surface area contributed by atoms with Gasteiger partial charge in [-0.05, 0) is 60.5 Å². The topological polar surface area (TPSA) is 168 Å². The Balaban J connectivity index is 1.34. The van der Waals surface area contributed by atoms with E-state index in [1.165, 1.54) is 37.6 Å². The number of furan rings is 1. The lowest BCUT2D eigenvalue weighted by molar-refractivity contribution is -0.135. The Morgan fingerprint density at radius 3 is 2.36 bits per heavy atom. The highest BCUT2D eigenvalue weighted by atomic mass is 32.2. The summed E-state index contributed by atoms with van der Waals surface area (Å²) < 4.78 is 50.1. The number of amides is 3. The monoisotopic (exact) mass is 628 g/mol. The third-order valence-corrected chi connectivity index (χ3v) is 9.35. The van der Waals surface area contributed by atoms with Crippen LogP contribution in [-0.4, -0.2) is 91.6 Å². The van der Waals surface area contributed by atoms with Crippen LogP contribution in [0.25, 0.3) is 0 Å². The highest BCUT2D eigenvalue weighted by molar-refractivity contribution is 7.89. The van der Waals surface area contributed by atoms with Gasteiger partial charge in [-0.25, -0.2) is 13.9 Å². The average Bonchev–Trinajstić information content (AvgIpc) is 3.76. The second kappa shape index (κ2) is 13.4. The van der Waals surface area contributed by atoms with Crippen LogP contribution in [0.2, 0.25) is 0 Å². The number of carbonyl (C=O) groups excluding carboxylic acids is 3. The maximum atomic E-state index is 14.0. The first-order chi connectivity index (χ1) is 21.2. The van der Waals surface area contributed by atoms with Gasteiger partial charge in [-0.3, -0.25) is 19.6 Å². The third-order valence-electron chi connectivity index (χ3n) is 7.49. The summed E-state index contributed by atoms with van der Waals surface area (Å²) in [5.74, 6) is -0.0209. The lowest BCUT2D eigenvalue weighted by Crippen LogP contribution is -2.51. The normalized spacial score (nSPS) is 15.2. The number of hydroxylamine groups is 1. The smallest absolute Gasteiger partial charge is 0.289 e. The number of fused-ring (bicyclic) bond motifs is 1.